The van der Waals surface area contributed by atoms with Crippen molar-refractivity contribution in [2.75, 3.05) is 5.75 Å². The highest BCUT2D eigenvalue weighted by Gasteiger charge is 2.13. The highest BCUT2D eigenvalue weighted by Crippen LogP contribution is 2.27. The topological polar surface area (TPSA) is 61.8 Å². The third-order valence-corrected chi connectivity index (χ3v) is 4.93. The SMILES string of the molecule is Cn1c(-c2ccccc2)cnc1SCC(O)c1ccc(C#N)cc1. The van der Waals surface area contributed by atoms with Crippen molar-refractivity contribution in [3.63, 3.8) is 0 Å². The van der Waals surface area contributed by atoms with Gasteiger partial charge in [0.1, 0.15) is 0 Å². The molecule has 0 saturated heterocycles. The fourth-order valence-electron chi connectivity index (χ4n) is 2.43. The summed E-state index contributed by atoms with van der Waals surface area (Å²) >= 11 is 1.51. The molecule has 0 amide bonds. The van der Waals surface area contributed by atoms with Crippen LogP contribution in [0.1, 0.15) is 17.2 Å². The van der Waals surface area contributed by atoms with Crippen molar-refractivity contribution < 1.29 is 5.11 Å². The number of hydrogen-bond donors (Lipinski definition) is 1. The molecule has 0 saturated carbocycles. The molecular weight excluding hydrogens is 318 g/mol. The first-order valence-electron chi connectivity index (χ1n) is 7.57. The summed E-state index contributed by atoms with van der Waals surface area (Å²) in [5, 5.41) is 20.0. The summed E-state index contributed by atoms with van der Waals surface area (Å²) in [5.74, 6) is 0.505. The van der Waals surface area contributed by atoms with E-state index in [0.29, 0.717) is 11.3 Å². The molecule has 3 rings (SSSR count). The maximum atomic E-state index is 10.3. The monoisotopic (exact) mass is 335 g/mol. The Labute approximate surface area is 145 Å². The number of aromatic nitrogens is 2. The Morgan fingerprint density at radius 1 is 1.17 bits per heavy atom. The van der Waals surface area contributed by atoms with Crippen LogP contribution >= 0.6 is 11.8 Å². The Morgan fingerprint density at radius 3 is 2.54 bits per heavy atom. The van der Waals surface area contributed by atoms with Gasteiger partial charge in [-0.05, 0) is 23.3 Å². The van der Waals surface area contributed by atoms with Crippen molar-refractivity contribution in [1.29, 1.82) is 5.26 Å². The molecular formula is C19H17N3OS. The van der Waals surface area contributed by atoms with Gasteiger partial charge in [-0.2, -0.15) is 5.26 Å². The molecule has 1 heterocycles. The molecule has 0 radical (unpaired) electrons. The first kappa shape index (κ1) is 16.3. The van der Waals surface area contributed by atoms with E-state index in [1.165, 1.54) is 11.8 Å². The van der Waals surface area contributed by atoms with Gasteiger partial charge in [0.25, 0.3) is 0 Å². The highest BCUT2D eigenvalue weighted by molar-refractivity contribution is 7.99. The second-order valence-electron chi connectivity index (χ2n) is 5.41. The van der Waals surface area contributed by atoms with Crippen LogP contribution in [0.25, 0.3) is 11.3 Å². The minimum atomic E-state index is -0.598. The van der Waals surface area contributed by atoms with Gasteiger partial charge < -0.3 is 9.67 Å². The molecule has 1 aromatic heterocycles. The molecule has 5 heteroatoms. The standard InChI is InChI=1S/C19H17N3OS/c1-22-17(15-5-3-2-4-6-15)12-21-19(22)24-13-18(23)16-9-7-14(11-20)8-10-16/h2-10,12,18,23H,13H2,1H3. The second-order valence-corrected chi connectivity index (χ2v) is 6.40. The number of nitrogens with zero attached hydrogens (tertiary/aromatic N) is 3. The smallest absolute Gasteiger partial charge is 0.168 e. The van der Waals surface area contributed by atoms with Crippen molar-refractivity contribution in [1.82, 2.24) is 9.55 Å². The van der Waals surface area contributed by atoms with Gasteiger partial charge in [-0.15, -0.1) is 0 Å². The van der Waals surface area contributed by atoms with E-state index in [1.54, 1.807) is 24.3 Å². The normalized spacial score (nSPS) is 11.9. The van der Waals surface area contributed by atoms with Gasteiger partial charge in [0.2, 0.25) is 0 Å². The number of aliphatic hydroxyl groups excluding tert-OH is 1. The summed E-state index contributed by atoms with van der Waals surface area (Å²) in [6, 6.07) is 19.2. The largest absolute Gasteiger partial charge is 0.388 e. The molecule has 1 N–H and O–H groups in total. The lowest BCUT2D eigenvalue weighted by atomic mass is 10.1. The molecule has 1 atom stereocenters. The number of benzene rings is 2. The molecule has 1 unspecified atom stereocenters. The van der Waals surface area contributed by atoms with Gasteiger partial charge in [0, 0.05) is 12.8 Å². The van der Waals surface area contributed by atoms with Gasteiger partial charge in [-0.1, -0.05) is 54.2 Å². The van der Waals surface area contributed by atoms with Crippen molar-refractivity contribution in [2.24, 2.45) is 7.05 Å². The zero-order valence-corrected chi connectivity index (χ0v) is 14.1. The molecule has 2 aromatic carbocycles. The van der Waals surface area contributed by atoms with Crippen molar-refractivity contribution in [3.8, 4) is 17.3 Å². The van der Waals surface area contributed by atoms with E-state index >= 15 is 0 Å². The van der Waals surface area contributed by atoms with E-state index < -0.39 is 6.10 Å². The molecule has 0 spiro atoms. The van der Waals surface area contributed by atoms with Crippen LogP contribution in [0.15, 0.2) is 66.0 Å². The summed E-state index contributed by atoms with van der Waals surface area (Å²) in [6.07, 6.45) is 1.26. The number of aliphatic hydroxyl groups is 1. The van der Waals surface area contributed by atoms with E-state index in [4.69, 9.17) is 5.26 Å². The first-order valence-corrected chi connectivity index (χ1v) is 8.55. The van der Waals surface area contributed by atoms with Crippen LogP contribution in [0.2, 0.25) is 0 Å². The molecule has 24 heavy (non-hydrogen) atoms. The molecule has 4 nitrogen and oxygen atoms in total. The summed E-state index contributed by atoms with van der Waals surface area (Å²) in [5.41, 5.74) is 3.56. The zero-order chi connectivity index (χ0) is 16.9. The fourth-order valence-corrected chi connectivity index (χ4v) is 3.35. The minimum Gasteiger partial charge on any atom is -0.388 e. The number of imidazole rings is 1. The maximum absolute atomic E-state index is 10.3. The van der Waals surface area contributed by atoms with Crippen LogP contribution in [0.3, 0.4) is 0 Å². The first-order chi connectivity index (χ1) is 11.7. The Morgan fingerprint density at radius 2 is 1.88 bits per heavy atom. The van der Waals surface area contributed by atoms with Crippen molar-refractivity contribution in [2.45, 2.75) is 11.3 Å². The van der Waals surface area contributed by atoms with Gasteiger partial charge >= 0.3 is 0 Å². The predicted molar refractivity (Wildman–Crippen MR) is 95.5 cm³/mol. The van der Waals surface area contributed by atoms with Crippen molar-refractivity contribution in [3.05, 3.63) is 71.9 Å². The van der Waals surface area contributed by atoms with E-state index in [2.05, 4.69) is 23.2 Å². The van der Waals surface area contributed by atoms with E-state index in [-0.39, 0.29) is 0 Å². The summed E-state index contributed by atoms with van der Waals surface area (Å²) in [7, 11) is 1.98. The van der Waals surface area contributed by atoms with E-state index in [1.807, 2.05) is 36.0 Å². The van der Waals surface area contributed by atoms with Crippen LogP contribution in [0.5, 0.6) is 0 Å². The third kappa shape index (κ3) is 3.51. The highest BCUT2D eigenvalue weighted by atomic mass is 32.2. The Bertz CT molecular complexity index is 851. The molecule has 0 aliphatic heterocycles. The van der Waals surface area contributed by atoms with Crippen LogP contribution in [-0.4, -0.2) is 20.4 Å². The van der Waals surface area contributed by atoms with Gasteiger partial charge in [-0.25, -0.2) is 4.98 Å². The van der Waals surface area contributed by atoms with E-state index in [0.717, 1.165) is 22.0 Å². The molecule has 0 aliphatic rings. The zero-order valence-electron chi connectivity index (χ0n) is 13.3. The molecule has 3 aromatic rings. The molecule has 0 aliphatic carbocycles. The lowest BCUT2D eigenvalue weighted by molar-refractivity contribution is 0.204. The number of thioether (sulfide) groups is 1. The second kappa shape index (κ2) is 7.35. The molecule has 0 bridgehead atoms. The number of hydrogen-bond acceptors (Lipinski definition) is 4. The quantitative estimate of drug-likeness (QED) is 0.721. The fraction of sp³-hybridized carbons (Fsp3) is 0.158. The average molecular weight is 335 g/mol. The Kier molecular flexibility index (Phi) is 4.99. The van der Waals surface area contributed by atoms with Gasteiger partial charge in [0.05, 0.1) is 29.6 Å². The van der Waals surface area contributed by atoms with Crippen LogP contribution in [0, 0.1) is 11.3 Å². The lowest BCUT2D eigenvalue weighted by Crippen LogP contribution is -2.02. The molecule has 120 valence electrons. The number of rotatable bonds is 5. The minimum absolute atomic E-state index is 0.505. The van der Waals surface area contributed by atoms with Gasteiger partial charge in [-0.3, -0.25) is 0 Å². The Hall–Kier alpha value is -2.55. The van der Waals surface area contributed by atoms with Crippen molar-refractivity contribution >= 4 is 11.8 Å². The molecule has 0 fully saturated rings. The lowest BCUT2D eigenvalue weighted by Gasteiger charge is -2.11. The van der Waals surface area contributed by atoms with Crippen LogP contribution in [0.4, 0.5) is 0 Å². The van der Waals surface area contributed by atoms with Gasteiger partial charge in [0.15, 0.2) is 5.16 Å². The summed E-state index contributed by atoms with van der Waals surface area (Å²) in [4.78, 5) is 4.46. The summed E-state index contributed by atoms with van der Waals surface area (Å²) < 4.78 is 2.03. The predicted octanol–water partition coefficient (Wildman–Crippen LogP) is 3.78. The van der Waals surface area contributed by atoms with Crippen LogP contribution < -0.4 is 0 Å². The van der Waals surface area contributed by atoms with Crippen LogP contribution in [-0.2, 0) is 7.05 Å². The average Bonchev–Trinajstić information content (AvgIpc) is 3.01. The van der Waals surface area contributed by atoms with E-state index in [9.17, 15) is 5.11 Å². The third-order valence-electron chi connectivity index (χ3n) is 3.81. The summed E-state index contributed by atoms with van der Waals surface area (Å²) in [6.45, 7) is 0. The number of nitriles is 1. The Balaban J connectivity index is 1.68. The maximum Gasteiger partial charge on any atom is 0.168 e.